The first-order valence-corrected chi connectivity index (χ1v) is 5.59. The first kappa shape index (κ1) is 11.5. The number of rotatable bonds is 5. The van der Waals surface area contributed by atoms with Gasteiger partial charge in [-0.2, -0.15) is 0 Å². The molecule has 1 fully saturated rings. The molecule has 0 saturated carbocycles. The van der Waals surface area contributed by atoms with Gasteiger partial charge in [-0.3, -0.25) is 4.90 Å². The maximum Gasteiger partial charge on any atom is 0.129 e. The summed E-state index contributed by atoms with van der Waals surface area (Å²) in [4.78, 5) is 7.70. The summed E-state index contributed by atoms with van der Waals surface area (Å²) in [5.41, 5.74) is 1.08. The molecule has 0 aliphatic carbocycles. The topological polar surface area (TPSA) is 24.8 Å². The molecule has 1 rings (SSSR count). The molecule has 0 spiro atoms. The highest BCUT2D eigenvalue weighted by Crippen LogP contribution is 2.06. The van der Waals surface area contributed by atoms with Gasteiger partial charge in [-0.25, -0.2) is 0 Å². The molecule has 0 atom stereocenters. The van der Waals surface area contributed by atoms with E-state index in [1.165, 1.54) is 25.9 Å². The van der Waals surface area contributed by atoms with Crippen LogP contribution in [0.5, 0.6) is 0 Å². The second-order valence-corrected chi connectivity index (χ2v) is 4.27. The van der Waals surface area contributed by atoms with Crippen molar-refractivity contribution in [2.45, 2.75) is 33.6 Å². The van der Waals surface area contributed by atoms with E-state index in [2.05, 4.69) is 23.9 Å². The summed E-state index contributed by atoms with van der Waals surface area (Å²) in [6.07, 6.45) is 2.68. The first-order chi connectivity index (χ1) is 6.70. The summed E-state index contributed by atoms with van der Waals surface area (Å²) in [7, 11) is 0. The molecule has 14 heavy (non-hydrogen) atoms. The zero-order valence-electron chi connectivity index (χ0n) is 9.62. The maximum atomic E-state index is 5.26. The molecule has 1 aliphatic rings. The molecule has 1 heterocycles. The molecule has 0 N–H and O–H groups in total. The Kier molecular flexibility index (Phi) is 4.94. The van der Waals surface area contributed by atoms with Crippen LogP contribution < -0.4 is 0 Å². The van der Waals surface area contributed by atoms with Crippen LogP contribution in [-0.2, 0) is 4.84 Å². The standard InChI is InChI=1S/C11H22N2O/c1-10(2)11(3)12-14-9-8-13-6-4-5-7-13/h10H,4-9H2,1-3H3/b12-11-. The van der Waals surface area contributed by atoms with E-state index in [1.54, 1.807) is 0 Å². The van der Waals surface area contributed by atoms with Crippen LogP contribution in [0.2, 0.25) is 0 Å². The van der Waals surface area contributed by atoms with Gasteiger partial charge < -0.3 is 4.84 Å². The van der Waals surface area contributed by atoms with Crippen LogP contribution in [0.15, 0.2) is 5.16 Å². The van der Waals surface area contributed by atoms with Gasteiger partial charge in [0.2, 0.25) is 0 Å². The van der Waals surface area contributed by atoms with E-state index >= 15 is 0 Å². The lowest BCUT2D eigenvalue weighted by Crippen LogP contribution is -2.23. The fraction of sp³-hybridized carbons (Fsp3) is 0.909. The van der Waals surface area contributed by atoms with E-state index in [0.29, 0.717) is 5.92 Å². The molecule has 3 heteroatoms. The Morgan fingerprint density at radius 1 is 1.36 bits per heavy atom. The molecular weight excluding hydrogens is 176 g/mol. The van der Waals surface area contributed by atoms with E-state index in [-0.39, 0.29) is 0 Å². The average Bonchev–Trinajstić information content (AvgIpc) is 2.64. The quantitative estimate of drug-likeness (QED) is 0.384. The molecule has 0 aromatic heterocycles. The lowest BCUT2D eigenvalue weighted by atomic mass is 10.1. The van der Waals surface area contributed by atoms with Gasteiger partial charge in [-0.15, -0.1) is 0 Å². The summed E-state index contributed by atoms with van der Waals surface area (Å²) in [5, 5.41) is 4.07. The third-order valence-electron chi connectivity index (χ3n) is 2.74. The number of nitrogens with zero attached hydrogens (tertiary/aromatic N) is 2. The summed E-state index contributed by atoms with van der Waals surface area (Å²) in [6, 6.07) is 0. The van der Waals surface area contributed by atoms with E-state index in [0.717, 1.165) is 18.9 Å². The molecule has 0 aromatic carbocycles. The van der Waals surface area contributed by atoms with Gasteiger partial charge in [0.15, 0.2) is 0 Å². The largest absolute Gasteiger partial charge is 0.394 e. The maximum absolute atomic E-state index is 5.26. The third-order valence-corrected chi connectivity index (χ3v) is 2.74. The first-order valence-electron chi connectivity index (χ1n) is 5.59. The summed E-state index contributed by atoms with van der Waals surface area (Å²) in [5.74, 6) is 0.488. The van der Waals surface area contributed by atoms with E-state index in [1.807, 2.05) is 6.92 Å². The lowest BCUT2D eigenvalue weighted by molar-refractivity contribution is 0.117. The van der Waals surface area contributed by atoms with Gasteiger partial charge in [0.1, 0.15) is 6.61 Å². The van der Waals surface area contributed by atoms with Gasteiger partial charge in [-0.1, -0.05) is 19.0 Å². The van der Waals surface area contributed by atoms with Crippen molar-refractivity contribution < 1.29 is 4.84 Å². The van der Waals surface area contributed by atoms with E-state index in [9.17, 15) is 0 Å². The Labute approximate surface area is 87.1 Å². The second-order valence-electron chi connectivity index (χ2n) is 4.27. The molecule has 1 aliphatic heterocycles. The highest BCUT2D eigenvalue weighted by molar-refractivity contribution is 5.83. The molecule has 82 valence electrons. The number of oxime groups is 1. The highest BCUT2D eigenvalue weighted by Gasteiger charge is 2.10. The monoisotopic (exact) mass is 198 g/mol. The second kappa shape index (κ2) is 6.02. The number of likely N-dealkylation sites (tertiary alicyclic amines) is 1. The molecule has 0 aromatic rings. The SMILES string of the molecule is C/C(=N/OCCN1CCCC1)C(C)C. The van der Waals surface area contributed by atoms with Crippen molar-refractivity contribution in [3.05, 3.63) is 0 Å². The summed E-state index contributed by atoms with van der Waals surface area (Å²) >= 11 is 0. The van der Waals surface area contributed by atoms with Crippen LogP contribution in [0.3, 0.4) is 0 Å². The van der Waals surface area contributed by atoms with Crippen molar-refractivity contribution in [3.63, 3.8) is 0 Å². The summed E-state index contributed by atoms with van der Waals surface area (Å²) in [6.45, 7) is 10.5. The van der Waals surface area contributed by atoms with Crippen molar-refractivity contribution in [2.24, 2.45) is 11.1 Å². The van der Waals surface area contributed by atoms with E-state index < -0.39 is 0 Å². The van der Waals surface area contributed by atoms with Crippen molar-refractivity contribution in [1.29, 1.82) is 0 Å². The number of hydrogen-bond acceptors (Lipinski definition) is 3. The van der Waals surface area contributed by atoms with E-state index in [4.69, 9.17) is 4.84 Å². The third kappa shape index (κ3) is 4.09. The Bertz CT molecular complexity index is 184. The predicted octanol–water partition coefficient (Wildman–Crippen LogP) is 2.13. The zero-order chi connectivity index (χ0) is 10.4. The Hall–Kier alpha value is -0.570. The van der Waals surface area contributed by atoms with Crippen LogP contribution >= 0.6 is 0 Å². The van der Waals surface area contributed by atoms with Crippen molar-refractivity contribution in [3.8, 4) is 0 Å². The molecule has 0 amide bonds. The minimum absolute atomic E-state index is 0.488. The van der Waals surface area contributed by atoms with Crippen LogP contribution in [0.1, 0.15) is 33.6 Å². The predicted molar refractivity (Wildman–Crippen MR) is 59.6 cm³/mol. The Balaban J connectivity index is 2.06. The summed E-state index contributed by atoms with van der Waals surface area (Å²) < 4.78 is 0. The van der Waals surface area contributed by atoms with Gasteiger partial charge >= 0.3 is 0 Å². The van der Waals surface area contributed by atoms with Crippen molar-refractivity contribution in [1.82, 2.24) is 4.90 Å². The highest BCUT2D eigenvalue weighted by atomic mass is 16.6. The Morgan fingerprint density at radius 3 is 2.57 bits per heavy atom. The zero-order valence-corrected chi connectivity index (χ0v) is 9.62. The minimum atomic E-state index is 0.488. The number of hydrogen-bond donors (Lipinski definition) is 0. The van der Waals surface area contributed by atoms with Gasteiger partial charge in [0, 0.05) is 6.54 Å². The molecular formula is C11H22N2O. The molecule has 0 radical (unpaired) electrons. The average molecular weight is 198 g/mol. The minimum Gasteiger partial charge on any atom is -0.394 e. The normalized spacial score (nSPS) is 19.3. The smallest absolute Gasteiger partial charge is 0.129 e. The lowest BCUT2D eigenvalue weighted by Gasteiger charge is -2.13. The fourth-order valence-corrected chi connectivity index (χ4v) is 1.43. The van der Waals surface area contributed by atoms with Crippen LogP contribution in [-0.4, -0.2) is 36.9 Å². The van der Waals surface area contributed by atoms with Gasteiger partial charge in [-0.05, 0) is 38.8 Å². The van der Waals surface area contributed by atoms with Gasteiger partial charge in [0.25, 0.3) is 0 Å². The van der Waals surface area contributed by atoms with Gasteiger partial charge in [0.05, 0.1) is 5.71 Å². The molecule has 3 nitrogen and oxygen atoms in total. The van der Waals surface area contributed by atoms with Crippen LogP contribution in [0.25, 0.3) is 0 Å². The van der Waals surface area contributed by atoms with Crippen LogP contribution in [0, 0.1) is 5.92 Å². The van der Waals surface area contributed by atoms with Crippen molar-refractivity contribution in [2.75, 3.05) is 26.2 Å². The van der Waals surface area contributed by atoms with Crippen LogP contribution in [0.4, 0.5) is 0 Å². The Morgan fingerprint density at radius 2 is 2.00 bits per heavy atom. The molecule has 1 saturated heterocycles. The molecule has 0 bridgehead atoms. The van der Waals surface area contributed by atoms with Crippen molar-refractivity contribution >= 4 is 5.71 Å². The fourth-order valence-electron chi connectivity index (χ4n) is 1.43. The molecule has 0 unspecified atom stereocenters.